The Labute approximate surface area is 146 Å². The Bertz CT molecular complexity index is 659. The third kappa shape index (κ3) is 4.81. The van der Waals surface area contributed by atoms with Gasteiger partial charge in [0.1, 0.15) is 5.82 Å². The molecule has 0 radical (unpaired) electrons. The summed E-state index contributed by atoms with van der Waals surface area (Å²) >= 11 is 1.74. The zero-order valence-corrected chi connectivity index (χ0v) is 14.5. The predicted octanol–water partition coefficient (Wildman–Crippen LogP) is 4.00. The molecule has 0 aliphatic carbocycles. The third-order valence-corrected chi connectivity index (χ3v) is 5.30. The molecule has 1 N–H and O–H groups in total. The van der Waals surface area contributed by atoms with Gasteiger partial charge in [-0.15, -0.1) is 11.3 Å². The summed E-state index contributed by atoms with van der Waals surface area (Å²) in [7, 11) is 0. The Hall–Kier alpha value is -1.88. The third-order valence-electron chi connectivity index (χ3n) is 4.37. The number of piperidine rings is 1. The van der Waals surface area contributed by atoms with Crippen LogP contribution in [0.25, 0.3) is 0 Å². The second kappa shape index (κ2) is 8.29. The highest BCUT2D eigenvalue weighted by atomic mass is 32.1. The summed E-state index contributed by atoms with van der Waals surface area (Å²) in [6, 6.07) is 11.0. The number of aryl methyl sites for hydroxylation is 1. The number of carbonyl (C=O) groups excluding carboxylic acids is 1. The van der Waals surface area contributed by atoms with Crippen molar-refractivity contribution in [1.29, 1.82) is 0 Å². The normalized spacial score (nSPS) is 17.7. The molecule has 1 fully saturated rings. The highest BCUT2D eigenvalue weighted by molar-refractivity contribution is 7.09. The van der Waals surface area contributed by atoms with Gasteiger partial charge >= 0.3 is 0 Å². The maximum absolute atomic E-state index is 13.4. The van der Waals surface area contributed by atoms with E-state index in [4.69, 9.17) is 0 Å². The van der Waals surface area contributed by atoms with Crippen molar-refractivity contribution in [3.63, 3.8) is 0 Å². The Morgan fingerprint density at radius 1 is 1.33 bits per heavy atom. The molecule has 3 nitrogen and oxygen atoms in total. The van der Waals surface area contributed by atoms with Crippen LogP contribution in [-0.4, -0.2) is 25.0 Å². The van der Waals surface area contributed by atoms with Crippen LogP contribution in [0.3, 0.4) is 0 Å². The van der Waals surface area contributed by atoms with Crippen molar-refractivity contribution in [2.75, 3.05) is 18.0 Å². The molecule has 0 unspecified atom stereocenters. The average Bonchev–Trinajstić information content (AvgIpc) is 3.08. The lowest BCUT2D eigenvalue weighted by Gasteiger charge is -2.34. The Balaban J connectivity index is 1.45. The molecule has 24 heavy (non-hydrogen) atoms. The lowest BCUT2D eigenvalue weighted by molar-refractivity contribution is -0.121. The minimum absolute atomic E-state index is 0.123. The van der Waals surface area contributed by atoms with Crippen molar-refractivity contribution >= 4 is 22.9 Å². The molecule has 1 amide bonds. The number of carbonyl (C=O) groups is 1. The van der Waals surface area contributed by atoms with E-state index in [1.807, 2.05) is 12.1 Å². The average molecular weight is 346 g/mol. The van der Waals surface area contributed by atoms with Crippen LogP contribution in [0.15, 0.2) is 41.8 Å². The molecule has 1 saturated heterocycles. The van der Waals surface area contributed by atoms with Gasteiger partial charge in [-0.25, -0.2) is 4.39 Å². The molecule has 1 aromatic carbocycles. The number of nitrogens with one attached hydrogen (secondary N) is 1. The van der Waals surface area contributed by atoms with Crippen LogP contribution in [0, 0.1) is 5.82 Å². The van der Waals surface area contributed by atoms with Gasteiger partial charge in [0, 0.05) is 36.1 Å². The molecule has 2 heterocycles. The Morgan fingerprint density at radius 3 is 3.04 bits per heavy atom. The van der Waals surface area contributed by atoms with E-state index in [0.717, 1.165) is 44.5 Å². The van der Waals surface area contributed by atoms with Gasteiger partial charge in [0.15, 0.2) is 0 Å². The van der Waals surface area contributed by atoms with Gasteiger partial charge in [0.05, 0.1) is 0 Å². The minimum atomic E-state index is -0.216. The maximum atomic E-state index is 13.4. The van der Waals surface area contributed by atoms with Crippen LogP contribution in [0.4, 0.5) is 10.1 Å². The summed E-state index contributed by atoms with van der Waals surface area (Å²) in [5.41, 5.74) is 0.895. The standard InChI is InChI=1S/C19H23FN2OS/c20-15-5-1-7-17(13-15)22-11-3-6-16(14-22)21-19(23)10-2-8-18-9-4-12-24-18/h1,4-5,7,9,12-13,16H,2-3,6,8,10-11,14H2,(H,21,23)/t16-/m0/s1. The van der Waals surface area contributed by atoms with E-state index in [1.54, 1.807) is 23.5 Å². The first-order valence-corrected chi connectivity index (χ1v) is 9.41. The fourth-order valence-corrected chi connectivity index (χ4v) is 3.93. The van der Waals surface area contributed by atoms with Crippen LogP contribution in [-0.2, 0) is 11.2 Å². The molecule has 1 aromatic heterocycles. The van der Waals surface area contributed by atoms with Gasteiger partial charge in [0.2, 0.25) is 5.91 Å². The van der Waals surface area contributed by atoms with E-state index in [2.05, 4.69) is 21.7 Å². The molecule has 3 rings (SSSR count). The zero-order valence-electron chi connectivity index (χ0n) is 13.7. The highest BCUT2D eigenvalue weighted by Crippen LogP contribution is 2.21. The van der Waals surface area contributed by atoms with E-state index < -0.39 is 0 Å². The molecule has 0 bridgehead atoms. The van der Waals surface area contributed by atoms with E-state index in [9.17, 15) is 9.18 Å². The zero-order chi connectivity index (χ0) is 16.8. The van der Waals surface area contributed by atoms with E-state index >= 15 is 0 Å². The van der Waals surface area contributed by atoms with E-state index in [-0.39, 0.29) is 17.8 Å². The van der Waals surface area contributed by atoms with Crippen molar-refractivity contribution in [3.8, 4) is 0 Å². The largest absolute Gasteiger partial charge is 0.369 e. The van der Waals surface area contributed by atoms with Crippen LogP contribution < -0.4 is 10.2 Å². The topological polar surface area (TPSA) is 32.3 Å². The first kappa shape index (κ1) is 17.0. The number of rotatable bonds is 6. The number of amides is 1. The van der Waals surface area contributed by atoms with Crippen LogP contribution in [0.1, 0.15) is 30.6 Å². The van der Waals surface area contributed by atoms with Gasteiger partial charge in [0.25, 0.3) is 0 Å². The fraction of sp³-hybridized carbons (Fsp3) is 0.421. The van der Waals surface area contributed by atoms with Crippen LogP contribution in [0.5, 0.6) is 0 Å². The summed E-state index contributed by atoms with van der Waals surface area (Å²) < 4.78 is 13.4. The van der Waals surface area contributed by atoms with Crippen molar-refractivity contribution in [2.45, 2.75) is 38.1 Å². The van der Waals surface area contributed by atoms with Crippen LogP contribution in [0.2, 0.25) is 0 Å². The minimum Gasteiger partial charge on any atom is -0.369 e. The molecule has 1 aliphatic rings. The summed E-state index contributed by atoms with van der Waals surface area (Å²) in [5, 5.41) is 5.21. The van der Waals surface area contributed by atoms with Crippen molar-refractivity contribution in [3.05, 3.63) is 52.5 Å². The summed E-state index contributed by atoms with van der Waals surface area (Å²) in [6.45, 7) is 1.66. The smallest absolute Gasteiger partial charge is 0.220 e. The van der Waals surface area contributed by atoms with Crippen molar-refractivity contribution < 1.29 is 9.18 Å². The monoisotopic (exact) mass is 346 g/mol. The molecule has 2 aromatic rings. The van der Waals surface area contributed by atoms with Crippen molar-refractivity contribution in [1.82, 2.24) is 5.32 Å². The number of benzene rings is 1. The second-order valence-electron chi connectivity index (χ2n) is 6.27. The molecule has 5 heteroatoms. The SMILES string of the molecule is O=C(CCCc1cccs1)N[C@H]1CCCN(c2cccc(F)c2)C1. The molecule has 128 valence electrons. The number of thiophene rings is 1. The van der Waals surface area contributed by atoms with E-state index in [0.29, 0.717) is 6.42 Å². The predicted molar refractivity (Wildman–Crippen MR) is 97.0 cm³/mol. The number of hydrogen-bond acceptors (Lipinski definition) is 3. The molecule has 0 spiro atoms. The molecule has 1 aliphatic heterocycles. The maximum Gasteiger partial charge on any atom is 0.220 e. The Morgan fingerprint density at radius 2 is 2.25 bits per heavy atom. The van der Waals surface area contributed by atoms with Gasteiger partial charge < -0.3 is 10.2 Å². The van der Waals surface area contributed by atoms with Gasteiger partial charge in [-0.3, -0.25) is 4.79 Å². The summed E-state index contributed by atoms with van der Waals surface area (Å²) in [6.07, 6.45) is 4.41. The molecular weight excluding hydrogens is 323 g/mol. The number of halogens is 1. The summed E-state index contributed by atoms with van der Waals surface area (Å²) in [5.74, 6) is -0.0927. The van der Waals surface area contributed by atoms with Gasteiger partial charge in [-0.2, -0.15) is 0 Å². The van der Waals surface area contributed by atoms with Gasteiger partial charge in [-0.1, -0.05) is 12.1 Å². The second-order valence-corrected chi connectivity index (χ2v) is 7.30. The van der Waals surface area contributed by atoms with E-state index in [1.165, 1.54) is 10.9 Å². The highest BCUT2D eigenvalue weighted by Gasteiger charge is 2.21. The fourth-order valence-electron chi connectivity index (χ4n) is 3.18. The first-order valence-electron chi connectivity index (χ1n) is 8.53. The molecular formula is C19H23FN2OS. The van der Waals surface area contributed by atoms with Crippen molar-refractivity contribution in [2.24, 2.45) is 0 Å². The first-order chi connectivity index (χ1) is 11.7. The number of hydrogen-bond donors (Lipinski definition) is 1. The summed E-state index contributed by atoms with van der Waals surface area (Å²) in [4.78, 5) is 15.6. The quantitative estimate of drug-likeness (QED) is 0.857. The lowest BCUT2D eigenvalue weighted by atomic mass is 10.0. The number of anilines is 1. The Kier molecular flexibility index (Phi) is 5.86. The number of nitrogens with zero attached hydrogens (tertiary/aromatic N) is 1. The van der Waals surface area contributed by atoms with Crippen LogP contribution >= 0.6 is 11.3 Å². The molecule has 1 atom stereocenters. The lowest BCUT2D eigenvalue weighted by Crippen LogP contribution is -2.47. The van der Waals surface area contributed by atoms with Gasteiger partial charge in [-0.05, 0) is 55.3 Å². The molecule has 0 saturated carbocycles.